The van der Waals surface area contributed by atoms with Gasteiger partial charge in [-0.2, -0.15) is 0 Å². The van der Waals surface area contributed by atoms with Crippen LogP contribution in [0.25, 0.3) is 0 Å². The van der Waals surface area contributed by atoms with Crippen LogP contribution in [0.5, 0.6) is 0 Å². The molecule has 0 saturated carbocycles. The lowest BCUT2D eigenvalue weighted by Gasteiger charge is -2.23. The van der Waals surface area contributed by atoms with Crippen molar-refractivity contribution in [2.24, 2.45) is 10.7 Å². The molecule has 86 valence electrons. The average Bonchev–Trinajstić information content (AvgIpc) is 2.74. The Morgan fingerprint density at radius 2 is 2.44 bits per heavy atom. The van der Waals surface area contributed by atoms with Gasteiger partial charge in [-0.05, 0) is 37.9 Å². The van der Waals surface area contributed by atoms with Crippen LogP contribution in [-0.4, -0.2) is 23.9 Å². The molecular weight excluding hydrogens is 354 g/mol. The summed E-state index contributed by atoms with van der Waals surface area (Å²) in [5.74, 6) is 0.602. The van der Waals surface area contributed by atoms with Crippen molar-refractivity contribution in [3.8, 4) is 0 Å². The van der Waals surface area contributed by atoms with Crippen molar-refractivity contribution in [3.05, 3.63) is 31.9 Å². The Morgan fingerprint density at radius 1 is 1.69 bits per heavy atom. The van der Waals surface area contributed by atoms with Crippen molar-refractivity contribution in [2.75, 3.05) is 13.1 Å². The van der Waals surface area contributed by atoms with Gasteiger partial charge in [-0.15, -0.1) is 17.9 Å². The minimum absolute atomic E-state index is 0.241. The van der Waals surface area contributed by atoms with Crippen molar-refractivity contribution in [1.82, 2.24) is 4.90 Å². The third-order valence-electron chi connectivity index (χ3n) is 2.42. The molecule has 2 rings (SSSR count). The number of hydrogen-bond acceptors (Lipinski definition) is 4. The van der Waals surface area contributed by atoms with E-state index in [1.54, 1.807) is 11.3 Å². The maximum absolute atomic E-state index is 5.85. The zero-order valence-electron chi connectivity index (χ0n) is 8.49. The minimum Gasteiger partial charge on any atom is -0.370 e. The van der Waals surface area contributed by atoms with Gasteiger partial charge in [0.1, 0.15) is 0 Å². The van der Waals surface area contributed by atoms with Gasteiger partial charge in [0.25, 0.3) is 0 Å². The van der Waals surface area contributed by atoms with Crippen molar-refractivity contribution in [2.45, 2.75) is 6.04 Å². The Kier molecular flexibility index (Phi) is 3.71. The van der Waals surface area contributed by atoms with Gasteiger partial charge in [0, 0.05) is 15.9 Å². The number of rotatable bonds is 3. The number of halogens is 2. The molecule has 2 N–H and O–H groups in total. The topological polar surface area (TPSA) is 41.6 Å². The Labute approximate surface area is 115 Å². The SMILES string of the molecule is C=CCN1C(N)=NCC1c1cc(Br)c(Br)s1. The van der Waals surface area contributed by atoms with Gasteiger partial charge in [0.15, 0.2) is 5.96 Å². The van der Waals surface area contributed by atoms with Crippen LogP contribution >= 0.6 is 43.2 Å². The highest BCUT2D eigenvalue weighted by Gasteiger charge is 2.28. The Morgan fingerprint density at radius 3 is 3.00 bits per heavy atom. The number of thiophene rings is 1. The summed E-state index contributed by atoms with van der Waals surface area (Å²) in [4.78, 5) is 7.60. The summed E-state index contributed by atoms with van der Waals surface area (Å²) in [6, 6.07) is 2.36. The van der Waals surface area contributed by atoms with Gasteiger partial charge < -0.3 is 10.6 Å². The quantitative estimate of drug-likeness (QED) is 0.837. The fourth-order valence-corrected chi connectivity index (χ4v) is 3.85. The predicted molar refractivity (Wildman–Crippen MR) is 75.9 cm³/mol. The molecular formula is C10H11Br2N3S. The normalized spacial score (nSPS) is 20.0. The number of aliphatic imine (C=N–C) groups is 1. The van der Waals surface area contributed by atoms with Crippen LogP contribution in [0.3, 0.4) is 0 Å². The minimum atomic E-state index is 0.241. The first-order valence-electron chi connectivity index (χ1n) is 4.75. The van der Waals surface area contributed by atoms with Crippen LogP contribution in [-0.2, 0) is 0 Å². The molecule has 1 aliphatic rings. The highest BCUT2D eigenvalue weighted by molar-refractivity contribution is 9.13. The largest absolute Gasteiger partial charge is 0.370 e. The highest BCUT2D eigenvalue weighted by Crippen LogP contribution is 2.38. The molecule has 1 aromatic rings. The van der Waals surface area contributed by atoms with E-state index in [1.165, 1.54) is 4.88 Å². The molecule has 0 amide bonds. The second-order valence-corrected chi connectivity index (χ2v) is 6.68. The monoisotopic (exact) mass is 363 g/mol. The summed E-state index contributed by atoms with van der Waals surface area (Å²) in [5, 5.41) is 0. The summed E-state index contributed by atoms with van der Waals surface area (Å²) in [6.45, 7) is 5.19. The predicted octanol–water partition coefficient (Wildman–Crippen LogP) is 3.13. The number of hydrogen-bond donors (Lipinski definition) is 1. The molecule has 6 heteroatoms. The maximum atomic E-state index is 5.85. The Bertz CT molecular complexity index is 422. The van der Waals surface area contributed by atoms with E-state index in [-0.39, 0.29) is 6.04 Å². The molecule has 0 saturated heterocycles. The summed E-state index contributed by atoms with van der Waals surface area (Å²) in [7, 11) is 0. The van der Waals surface area contributed by atoms with E-state index in [4.69, 9.17) is 5.73 Å². The molecule has 0 bridgehead atoms. The fourth-order valence-electron chi connectivity index (χ4n) is 1.66. The Balaban J connectivity index is 2.24. The summed E-state index contributed by atoms with van der Waals surface area (Å²) >= 11 is 8.70. The third-order valence-corrected chi connectivity index (χ3v) is 5.77. The lowest BCUT2D eigenvalue weighted by Crippen LogP contribution is -2.35. The maximum Gasteiger partial charge on any atom is 0.192 e. The molecule has 0 fully saturated rings. The van der Waals surface area contributed by atoms with Gasteiger partial charge in [0.05, 0.1) is 16.4 Å². The molecule has 16 heavy (non-hydrogen) atoms. The lowest BCUT2D eigenvalue weighted by molar-refractivity contribution is 0.385. The highest BCUT2D eigenvalue weighted by atomic mass is 79.9. The van der Waals surface area contributed by atoms with E-state index in [2.05, 4.69) is 54.4 Å². The molecule has 0 aliphatic carbocycles. The first kappa shape index (κ1) is 12.1. The van der Waals surface area contributed by atoms with Crippen molar-refractivity contribution in [3.63, 3.8) is 0 Å². The average molecular weight is 365 g/mol. The first-order chi connectivity index (χ1) is 7.63. The van der Waals surface area contributed by atoms with Crippen molar-refractivity contribution >= 4 is 49.2 Å². The van der Waals surface area contributed by atoms with Crippen LogP contribution in [0.4, 0.5) is 0 Å². The van der Waals surface area contributed by atoms with Gasteiger partial charge in [0.2, 0.25) is 0 Å². The van der Waals surface area contributed by atoms with E-state index in [1.807, 2.05) is 6.08 Å². The zero-order chi connectivity index (χ0) is 11.7. The van der Waals surface area contributed by atoms with Gasteiger partial charge in [-0.3, -0.25) is 4.99 Å². The lowest BCUT2D eigenvalue weighted by atomic mass is 10.2. The van der Waals surface area contributed by atoms with Crippen LogP contribution in [0.1, 0.15) is 10.9 Å². The molecule has 0 aromatic carbocycles. The van der Waals surface area contributed by atoms with Crippen LogP contribution in [0, 0.1) is 0 Å². The van der Waals surface area contributed by atoms with E-state index in [0.29, 0.717) is 5.96 Å². The zero-order valence-corrected chi connectivity index (χ0v) is 12.5. The van der Waals surface area contributed by atoms with Crippen LogP contribution in [0.15, 0.2) is 32.0 Å². The molecule has 2 heterocycles. The van der Waals surface area contributed by atoms with Gasteiger partial charge in [-0.1, -0.05) is 6.08 Å². The second-order valence-electron chi connectivity index (χ2n) is 3.43. The van der Waals surface area contributed by atoms with E-state index >= 15 is 0 Å². The molecule has 1 aromatic heterocycles. The summed E-state index contributed by atoms with van der Waals surface area (Å²) in [5.41, 5.74) is 5.85. The molecule has 3 nitrogen and oxygen atoms in total. The number of guanidine groups is 1. The molecule has 1 aliphatic heterocycles. The van der Waals surface area contributed by atoms with Crippen LogP contribution < -0.4 is 5.73 Å². The standard InChI is InChI=1S/C10H11Br2N3S/c1-2-3-15-7(5-14-10(15)13)8-4-6(11)9(12)16-8/h2,4,7H,1,3,5H2,(H2,13,14). The molecule has 1 unspecified atom stereocenters. The molecule has 0 spiro atoms. The van der Waals surface area contributed by atoms with E-state index in [0.717, 1.165) is 21.3 Å². The third kappa shape index (κ3) is 2.19. The molecule has 0 radical (unpaired) electrons. The number of nitrogens with zero attached hydrogens (tertiary/aromatic N) is 2. The number of nitrogens with two attached hydrogens (primary N) is 1. The summed E-state index contributed by atoms with van der Waals surface area (Å²) in [6.07, 6.45) is 1.85. The van der Waals surface area contributed by atoms with Gasteiger partial charge in [-0.25, -0.2) is 0 Å². The smallest absolute Gasteiger partial charge is 0.192 e. The molecule has 1 atom stereocenters. The van der Waals surface area contributed by atoms with Gasteiger partial charge >= 0.3 is 0 Å². The van der Waals surface area contributed by atoms with E-state index < -0.39 is 0 Å². The fraction of sp³-hybridized carbons (Fsp3) is 0.300. The summed E-state index contributed by atoms with van der Waals surface area (Å²) < 4.78 is 2.18. The second kappa shape index (κ2) is 4.89. The first-order valence-corrected chi connectivity index (χ1v) is 7.16. The van der Waals surface area contributed by atoms with Crippen molar-refractivity contribution in [1.29, 1.82) is 0 Å². The van der Waals surface area contributed by atoms with E-state index in [9.17, 15) is 0 Å². The van der Waals surface area contributed by atoms with Crippen molar-refractivity contribution < 1.29 is 0 Å². The Hall–Kier alpha value is -0.330. The van der Waals surface area contributed by atoms with Crippen LogP contribution in [0.2, 0.25) is 0 Å².